The zero-order chi connectivity index (χ0) is 10.4. The molecule has 1 rings (SSSR count). The summed E-state index contributed by atoms with van der Waals surface area (Å²) >= 11 is 0. The lowest BCUT2D eigenvalue weighted by Gasteiger charge is -2.03. The van der Waals surface area contributed by atoms with Crippen molar-refractivity contribution in [1.29, 1.82) is 5.26 Å². The maximum atomic E-state index is 11.0. The molecule has 0 saturated heterocycles. The Morgan fingerprint density at radius 1 is 1.50 bits per heavy atom. The highest BCUT2D eigenvalue weighted by atomic mass is 16.5. The summed E-state index contributed by atoms with van der Waals surface area (Å²) in [7, 11) is 0. The number of benzene rings is 1. The SMILES string of the molecule is CCNC(=O)Oc1ccc(C#N)cc1. The second-order valence-corrected chi connectivity index (χ2v) is 2.56. The normalized spacial score (nSPS) is 8.86. The fourth-order valence-electron chi connectivity index (χ4n) is 0.885. The minimum Gasteiger partial charge on any atom is -0.410 e. The number of nitriles is 1. The third-order valence-electron chi connectivity index (χ3n) is 1.52. The molecule has 14 heavy (non-hydrogen) atoms. The molecule has 0 fully saturated rings. The van der Waals surface area contributed by atoms with Gasteiger partial charge in [-0.1, -0.05) is 0 Å². The molecule has 4 heteroatoms. The highest BCUT2D eigenvalue weighted by Crippen LogP contribution is 2.11. The third kappa shape index (κ3) is 2.79. The molecule has 72 valence electrons. The van der Waals surface area contributed by atoms with Crippen LogP contribution in [0.25, 0.3) is 0 Å². The molecule has 0 unspecified atom stereocenters. The lowest BCUT2D eigenvalue weighted by Crippen LogP contribution is -2.26. The van der Waals surface area contributed by atoms with Crippen LogP contribution in [-0.2, 0) is 0 Å². The van der Waals surface area contributed by atoms with Crippen LogP contribution in [0.4, 0.5) is 4.79 Å². The smallest absolute Gasteiger partial charge is 0.410 e. The second kappa shape index (κ2) is 4.87. The molecule has 0 bridgehead atoms. The standard InChI is InChI=1S/C10H10N2O2/c1-2-12-10(13)14-9-5-3-8(7-11)4-6-9/h3-6H,2H2,1H3,(H,12,13). The van der Waals surface area contributed by atoms with Gasteiger partial charge in [-0.05, 0) is 31.2 Å². The van der Waals surface area contributed by atoms with E-state index >= 15 is 0 Å². The number of carbonyl (C=O) groups excluding carboxylic acids is 1. The fourth-order valence-corrected chi connectivity index (χ4v) is 0.885. The number of hydrogen-bond acceptors (Lipinski definition) is 3. The van der Waals surface area contributed by atoms with Crippen molar-refractivity contribution < 1.29 is 9.53 Å². The third-order valence-corrected chi connectivity index (χ3v) is 1.52. The Morgan fingerprint density at radius 3 is 2.64 bits per heavy atom. The molecule has 0 aliphatic carbocycles. The van der Waals surface area contributed by atoms with Crippen molar-refractivity contribution in [2.45, 2.75) is 6.92 Å². The van der Waals surface area contributed by atoms with Crippen LogP contribution in [0, 0.1) is 11.3 Å². The summed E-state index contributed by atoms with van der Waals surface area (Å²) < 4.78 is 4.89. The van der Waals surface area contributed by atoms with E-state index in [1.165, 1.54) is 0 Å². The summed E-state index contributed by atoms with van der Waals surface area (Å²) in [5.74, 6) is 0.426. The van der Waals surface area contributed by atoms with Gasteiger partial charge in [-0.15, -0.1) is 0 Å². The molecule has 0 heterocycles. The van der Waals surface area contributed by atoms with E-state index in [0.717, 1.165) is 0 Å². The molecule has 0 aliphatic heterocycles. The van der Waals surface area contributed by atoms with E-state index in [0.29, 0.717) is 17.9 Å². The van der Waals surface area contributed by atoms with Gasteiger partial charge in [-0.2, -0.15) is 5.26 Å². The minimum absolute atomic E-state index is 0.426. The number of carbonyl (C=O) groups is 1. The van der Waals surface area contributed by atoms with E-state index < -0.39 is 6.09 Å². The summed E-state index contributed by atoms with van der Waals surface area (Å²) in [6.07, 6.45) is -0.489. The predicted octanol–water partition coefficient (Wildman–Crippen LogP) is 1.67. The van der Waals surface area contributed by atoms with E-state index in [9.17, 15) is 4.79 Å². The van der Waals surface area contributed by atoms with Crippen LogP contribution in [0.5, 0.6) is 5.75 Å². The van der Waals surface area contributed by atoms with Crippen LogP contribution in [-0.4, -0.2) is 12.6 Å². The molecule has 1 aromatic rings. The van der Waals surface area contributed by atoms with Crippen molar-refractivity contribution >= 4 is 6.09 Å². The van der Waals surface area contributed by atoms with Gasteiger partial charge >= 0.3 is 6.09 Å². The van der Waals surface area contributed by atoms with Crippen molar-refractivity contribution in [3.8, 4) is 11.8 Å². The van der Waals surface area contributed by atoms with Gasteiger partial charge in [-0.3, -0.25) is 0 Å². The number of ether oxygens (including phenoxy) is 1. The van der Waals surface area contributed by atoms with Crippen LogP contribution in [0.3, 0.4) is 0 Å². The van der Waals surface area contributed by atoms with Gasteiger partial charge in [0.1, 0.15) is 5.75 Å². The lowest BCUT2D eigenvalue weighted by atomic mass is 10.2. The first kappa shape index (κ1) is 10.1. The summed E-state index contributed by atoms with van der Waals surface area (Å²) in [6, 6.07) is 8.31. The summed E-state index contributed by atoms with van der Waals surface area (Å²) in [5, 5.41) is 11.0. The van der Waals surface area contributed by atoms with Gasteiger partial charge in [0.05, 0.1) is 11.6 Å². The molecule has 1 N–H and O–H groups in total. The van der Waals surface area contributed by atoms with E-state index in [2.05, 4.69) is 5.32 Å². The monoisotopic (exact) mass is 190 g/mol. The van der Waals surface area contributed by atoms with Crippen molar-refractivity contribution in [2.24, 2.45) is 0 Å². The topological polar surface area (TPSA) is 62.1 Å². The number of nitrogens with one attached hydrogen (secondary N) is 1. The van der Waals surface area contributed by atoms with Gasteiger partial charge in [0.15, 0.2) is 0 Å². The first-order valence-corrected chi connectivity index (χ1v) is 4.22. The highest BCUT2D eigenvalue weighted by Gasteiger charge is 2.01. The number of nitrogens with zero attached hydrogens (tertiary/aromatic N) is 1. The van der Waals surface area contributed by atoms with E-state index in [1.54, 1.807) is 31.2 Å². The zero-order valence-electron chi connectivity index (χ0n) is 7.78. The van der Waals surface area contributed by atoms with Crippen molar-refractivity contribution in [3.05, 3.63) is 29.8 Å². The Bertz CT molecular complexity index is 351. The first-order valence-electron chi connectivity index (χ1n) is 4.22. The van der Waals surface area contributed by atoms with Crippen LogP contribution >= 0.6 is 0 Å². The Kier molecular flexibility index (Phi) is 3.50. The second-order valence-electron chi connectivity index (χ2n) is 2.56. The molecule has 1 amide bonds. The molecule has 0 saturated carbocycles. The molecule has 0 aromatic heterocycles. The molecular weight excluding hydrogens is 180 g/mol. The quantitative estimate of drug-likeness (QED) is 0.771. The Labute approximate surface area is 82.1 Å². The van der Waals surface area contributed by atoms with Crippen LogP contribution in [0.1, 0.15) is 12.5 Å². The van der Waals surface area contributed by atoms with Gasteiger partial charge in [0.2, 0.25) is 0 Å². The Balaban J connectivity index is 2.61. The Hall–Kier alpha value is -2.02. The molecule has 0 radical (unpaired) electrons. The summed E-state index contributed by atoms with van der Waals surface area (Å²) in [6.45, 7) is 2.33. The van der Waals surface area contributed by atoms with Crippen LogP contribution < -0.4 is 10.1 Å². The lowest BCUT2D eigenvalue weighted by molar-refractivity contribution is 0.201. The van der Waals surface area contributed by atoms with Gasteiger partial charge in [0.25, 0.3) is 0 Å². The predicted molar refractivity (Wildman–Crippen MR) is 50.9 cm³/mol. The molecular formula is C10H10N2O2. The first-order chi connectivity index (χ1) is 6.76. The fraction of sp³-hybridized carbons (Fsp3) is 0.200. The average Bonchev–Trinajstić information content (AvgIpc) is 2.19. The van der Waals surface area contributed by atoms with Gasteiger partial charge in [0, 0.05) is 6.54 Å². The molecule has 0 atom stereocenters. The van der Waals surface area contributed by atoms with Crippen LogP contribution in [0.2, 0.25) is 0 Å². The van der Waals surface area contributed by atoms with E-state index in [1.807, 2.05) is 6.07 Å². The Morgan fingerprint density at radius 2 is 2.14 bits per heavy atom. The zero-order valence-corrected chi connectivity index (χ0v) is 7.78. The maximum Gasteiger partial charge on any atom is 0.412 e. The molecule has 0 aliphatic rings. The van der Waals surface area contributed by atoms with Gasteiger partial charge in [-0.25, -0.2) is 4.79 Å². The summed E-state index contributed by atoms with van der Waals surface area (Å²) in [4.78, 5) is 11.0. The number of rotatable bonds is 2. The number of hydrogen-bond donors (Lipinski definition) is 1. The van der Waals surface area contributed by atoms with Crippen molar-refractivity contribution in [1.82, 2.24) is 5.32 Å². The van der Waals surface area contributed by atoms with Crippen molar-refractivity contribution in [2.75, 3.05) is 6.54 Å². The summed E-state index contributed by atoms with van der Waals surface area (Å²) in [5.41, 5.74) is 0.535. The van der Waals surface area contributed by atoms with E-state index in [-0.39, 0.29) is 0 Å². The van der Waals surface area contributed by atoms with Gasteiger partial charge < -0.3 is 10.1 Å². The number of amides is 1. The van der Waals surface area contributed by atoms with Crippen LogP contribution in [0.15, 0.2) is 24.3 Å². The molecule has 0 spiro atoms. The highest BCUT2D eigenvalue weighted by molar-refractivity contribution is 5.70. The molecule has 4 nitrogen and oxygen atoms in total. The minimum atomic E-state index is -0.489. The maximum absolute atomic E-state index is 11.0. The van der Waals surface area contributed by atoms with Crippen molar-refractivity contribution in [3.63, 3.8) is 0 Å². The molecule has 1 aromatic carbocycles. The largest absolute Gasteiger partial charge is 0.412 e. The average molecular weight is 190 g/mol. The van der Waals surface area contributed by atoms with E-state index in [4.69, 9.17) is 10.00 Å².